The summed E-state index contributed by atoms with van der Waals surface area (Å²) in [7, 11) is 0. The highest BCUT2D eigenvalue weighted by Crippen LogP contribution is 2.12. The van der Waals surface area contributed by atoms with Crippen LogP contribution in [0.1, 0.15) is 21.5 Å². The standard InChI is InChI=1S/C17H18ClNOS/c1-13-2-4-14(5-3-13)12-21-11-10-19-17(20)15-6-8-16(18)9-7-15/h2-9H,10-12H2,1H3,(H,19,20). The van der Waals surface area contributed by atoms with E-state index in [1.54, 1.807) is 24.3 Å². The molecule has 1 amide bonds. The maximum Gasteiger partial charge on any atom is 0.251 e. The van der Waals surface area contributed by atoms with Gasteiger partial charge in [0.15, 0.2) is 0 Å². The average Bonchev–Trinajstić information content (AvgIpc) is 2.49. The zero-order chi connectivity index (χ0) is 15.1. The molecule has 0 bridgehead atoms. The van der Waals surface area contributed by atoms with Crippen molar-refractivity contribution < 1.29 is 4.79 Å². The molecule has 110 valence electrons. The Morgan fingerprint density at radius 2 is 1.76 bits per heavy atom. The summed E-state index contributed by atoms with van der Waals surface area (Å²) < 4.78 is 0. The van der Waals surface area contributed by atoms with Crippen LogP contribution in [0.5, 0.6) is 0 Å². The number of hydrogen-bond acceptors (Lipinski definition) is 2. The predicted molar refractivity (Wildman–Crippen MR) is 91.1 cm³/mol. The number of carbonyl (C=O) groups excluding carboxylic acids is 1. The maximum absolute atomic E-state index is 11.9. The second-order valence-electron chi connectivity index (χ2n) is 4.80. The quantitative estimate of drug-likeness (QED) is 0.804. The van der Waals surface area contributed by atoms with Gasteiger partial charge >= 0.3 is 0 Å². The Hall–Kier alpha value is -1.45. The zero-order valence-electron chi connectivity index (χ0n) is 11.9. The summed E-state index contributed by atoms with van der Waals surface area (Å²) in [4.78, 5) is 11.9. The fraction of sp³-hybridized carbons (Fsp3) is 0.235. The zero-order valence-corrected chi connectivity index (χ0v) is 13.5. The molecule has 0 saturated carbocycles. The lowest BCUT2D eigenvalue weighted by molar-refractivity contribution is 0.0956. The van der Waals surface area contributed by atoms with Gasteiger partial charge in [0.05, 0.1) is 0 Å². The van der Waals surface area contributed by atoms with E-state index in [1.807, 2.05) is 11.8 Å². The Kier molecular flexibility index (Phi) is 6.15. The van der Waals surface area contributed by atoms with Gasteiger partial charge in [-0.3, -0.25) is 4.79 Å². The molecule has 0 unspecified atom stereocenters. The first-order chi connectivity index (χ1) is 10.1. The molecular weight excluding hydrogens is 302 g/mol. The number of benzene rings is 2. The normalized spacial score (nSPS) is 10.4. The first-order valence-corrected chi connectivity index (χ1v) is 8.35. The van der Waals surface area contributed by atoms with Gasteiger partial charge in [0.1, 0.15) is 0 Å². The molecule has 4 heteroatoms. The van der Waals surface area contributed by atoms with Crippen LogP contribution in [0.25, 0.3) is 0 Å². The van der Waals surface area contributed by atoms with Gasteiger partial charge < -0.3 is 5.32 Å². The van der Waals surface area contributed by atoms with Crippen molar-refractivity contribution in [3.05, 3.63) is 70.2 Å². The minimum Gasteiger partial charge on any atom is -0.351 e. The topological polar surface area (TPSA) is 29.1 Å². The van der Waals surface area contributed by atoms with Gasteiger partial charge in [0.25, 0.3) is 5.91 Å². The Morgan fingerprint density at radius 1 is 1.10 bits per heavy atom. The summed E-state index contributed by atoms with van der Waals surface area (Å²) in [5.74, 6) is 1.81. The first kappa shape index (κ1) is 15.9. The van der Waals surface area contributed by atoms with Gasteiger partial charge in [-0.15, -0.1) is 0 Å². The molecule has 0 aliphatic carbocycles. The number of aryl methyl sites for hydroxylation is 1. The van der Waals surface area contributed by atoms with Gasteiger partial charge in [-0.2, -0.15) is 11.8 Å². The molecule has 0 heterocycles. The number of rotatable bonds is 6. The summed E-state index contributed by atoms with van der Waals surface area (Å²) in [5.41, 5.74) is 3.23. The molecule has 21 heavy (non-hydrogen) atoms. The van der Waals surface area contributed by atoms with Crippen LogP contribution in [-0.4, -0.2) is 18.2 Å². The van der Waals surface area contributed by atoms with Crippen molar-refractivity contribution in [3.63, 3.8) is 0 Å². The van der Waals surface area contributed by atoms with E-state index in [0.29, 0.717) is 17.1 Å². The fourth-order valence-electron chi connectivity index (χ4n) is 1.81. The van der Waals surface area contributed by atoms with E-state index in [1.165, 1.54) is 11.1 Å². The van der Waals surface area contributed by atoms with E-state index >= 15 is 0 Å². The van der Waals surface area contributed by atoms with Crippen LogP contribution >= 0.6 is 23.4 Å². The number of halogens is 1. The van der Waals surface area contributed by atoms with Crippen molar-refractivity contribution in [2.45, 2.75) is 12.7 Å². The first-order valence-electron chi connectivity index (χ1n) is 6.82. The number of carbonyl (C=O) groups is 1. The van der Waals surface area contributed by atoms with Crippen LogP contribution in [-0.2, 0) is 5.75 Å². The lowest BCUT2D eigenvalue weighted by Crippen LogP contribution is -2.25. The molecule has 0 aliphatic rings. The molecule has 2 aromatic rings. The van der Waals surface area contributed by atoms with Crippen molar-refractivity contribution in [2.75, 3.05) is 12.3 Å². The Balaban J connectivity index is 1.66. The van der Waals surface area contributed by atoms with E-state index in [4.69, 9.17) is 11.6 Å². The summed E-state index contributed by atoms with van der Waals surface area (Å²) >= 11 is 7.61. The smallest absolute Gasteiger partial charge is 0.251 e. The molecule has 0 atom stereocenters. The predicted octanol–water partition coefficient (Wildman–Crippen LogP) is 4.31. The number of amides is 1. The maximum atomic E-state index is 11.9. The van der Waals surface area contributed by atoms with E-state index in [2.05, 4.69) is 36.5 Å². The minimum atomic E-state index is -0.0531. The van der Waals surface area contributed by atoms with Crippen molar-refractivity contribution in [1.82, 2.24) is 5.32 Å². The second-order valence-corrected chi connectivity index (χ2v) is 6.34. The molecule has 0 spiro atoms. The van der Waals surface area contributed by atoms with Crippen molar-refractivity contribution in [3.8, 4) is 0 Å². The fourth-order valence-corrected chi connectivity index (χ4v) is 2.76. The highest BCUT2D eigenvalue weighted by molar-refractivity contribution is 7.98. The minimum absolute atomic E-state index is 0.0531. The largest absolute Gasteiger partial charge is 0.351 e. The molecule has 0 saturated heterocycles. The summed E-state index contributed by atoms with van der Waals surface area (Å²) in [6.07, 6.45) is 0. The Morgan fingerprint density at radius 3 is 2.43 bits per heavy atom. The van der Waals surface area contributed by atoms with Gasteiger partial charge in [-0.1, -0.05) is 41.4 Å². The van der Waals surface area contributed by atoms with Gasteiger partial charge in [0.2, 0.25) is 0 Å². The molecule has 0 aliphatic heterocycles. The number of hydrogen-bond donors (Lipinski definition) is 1. The van der Waals surface area contributed by atoms with E-state index in [9.17, 15) is 4.79 Å². The van der Waals surface area contributed by atoms with Gasteiger partial charge in [-0.05, 0) is 36.8 Å². The molecular formula is C17H18ClNOS. The third kappa shape index (κ3) is 5.44. The lowest BCUT2D eigenvalue weighted by atomic mass is 10.2. The van der Waals surface area contributed by atoms with Gasteiger partial charge in [-0.25, -0.2) is 0 Å². The summed E-state index contributed by atoms with van der Waals surface area (Å²) in [6, 6.07) is 15.5. The highest BCUT2D eigenvalue weighted by atomic mass is 35.5. The Labute approximate surface area is 134 Å². The molecule has 2 rings (SSSR count). The van der Waals surface area contributed by atoms with Crippen LogP contribution in [0, 0.1) is 6.92 Å². The monoisotopic (exact) mass is 319 g/mol. The molecule has 2 aromatic carbocycles. The second kappa shape index (κ2) is 8.11. The van der Waals surface area contributed by atoms with Gasteiger partial charge in [0, 0.05) is 28.6 Å². The van der Waals surface area contributed by atoms with Crippen LogP contribution in [0.4, 0.5) is 0 Å². The molecule has 0 fully saturated rings. The highest BCUT2D eigenvalue weighted by Gasteiger charge is 2.04. The molecule has 1 N–H and O–H groups in total. The van der Waals surface area contributed by atoms with Crippen molar-refractivity contribution in [2.24, 2.45) is 0 Å². The summed E-state index contributed by atoms with van der Waals surface area (Å²) in [5, 5.41) is 3.55. The summed E-state index contributed by atoms with van der Waals surface area (Å²) in [6.45, 7) is 2.75. The molecule has 0 radical (unpaired) electrons. The van der Waals surface area contributed by atoms with E-state index in [0.717, 1.165) is 11.5 Å². The number of thioether (sulfide) groups is 1. The Bertz CT molecular complexity index is 581. The van der Waals surface area contributed by atoms with Crippen LogP contribution in [0.2, 0.25) is 5.02 Å². The van der Waals surface area contributed by atoms with E-state index < -0.39 is 0 Å². The SMILES string of the molecule is Cc1ccc(CSCCNC(=O)c2ccc(Cl)cc2)cc1. The lowest BCUT2D eigenvalue weighted by Gasteiger charge is -2.06. The average molecular weight is 320 g/mol. The molecule has 2 nitrogen and oxygen atoms in total. The van der Waals surface area contributed by atoms with Crippen LogP contribution < -0.4 is 5.32 Å². The van der Waals surface area contributed by atoms with Crippen molar-refractivity contribution >= 4 is 29.3 Å². The number of nitrogens with one attached hydrogen (secondary N) is 1. The van der Waals surface area contributed by atoms with Crippen LogP contribution in [0.3, 0.4) is 0 Å². The van der Waals surface area contributed by atoms with E-state index in [-0.39, 0.29) is 5.91 Å². The van der Waals surface area contributed by atoms with Crippen molar-refractivity contribution in [1.29, 1.82) is 0 Å². The third-order valence-corrected chi connectivity index (χ3v) is 4.31. The molecule has 0 aromatic heterocycles. The third-order valence-electron chi connectivity index (χ3n) is 3.03. The van der Waals surface area contributed by atoms with Crippen LogP contribution in [0.15, 0.2) is 48.5 Å².